The van der Waals surface area contributed by atoms with E-state index in [2.05, 4.69) is 80.5 Å². The number of rotatable bonds is 44. The van der Waals surface area contributed by atoms with E-state index in [-0.39, 0.29) is 49.1 Å². The Morgan fingerprint density at radius 1 is 0.529 bits per heavy atom. The number of ether oxygens (including phenoxy) is 7. The van der Waals surface area contributed by atoms with Gasteiger partial charge >= 0.3 is 35.8 Å². The van der Waals surface area contributed by atoms with Gasteiger partial charge < -0.3 is 43.4 Å². The van der Waals surface area contributed by atoms with Crippen molar-refractivity contribution in [2.24, 2.45) is 28.1 Å². The molecule has 5 atom stereocenters. The lowest BCUT2D eigenvalue weighted by molar-refractivity contribution is -0.171. The molecule has 2 fully saturated rings. The van der Waals surface area contributed by atoms with Crippen LogP contribution < -0.4 is 0 Å². The third-order valence-electron chi connectivity index (χ3n) is 19.7. The van der Waals surface area contributed by atoms with Gasteiger partial charge in [-0.1, -0.05) is 255 Å². The molecule has 2 aliphatic rings. The van der Waals surface area contributed by atoms with Crippen molar-refractivity contribution >= 4 is 35.8 Å². The highest BCUT2D eigenvalue weighted by Gasteiger charge is 2.67. The molecule has 4 aromatic rings. The summed E-state index contributed by atoms with van der Waals surface area (Å²) in [5, 5.41) is 18.4. The number of carbonyl (C=O) groups excluding carboxylic acids is 6. The molecule has 1 saturated heterocycles. The van der Waals surface area contributed by atoms with Gasteiger partial charge in [-0.05, 0) is 166 Å². The minimum atomic E-state index is -0.945. The normalized spacial score (nSPS) is 16.6. The number of aryl methyl sites for hydroxylation is 3. The lowest BCUT2D eigenvalue weighted by atomic mass is 9.51. The zero-order valence-electron chi connectivity index (χ0n) is 66.9. The molecule has 1 spiro atoms. The fourth-order valence-electron chi connectivity index (χ4n) is 13.0. The van der Waals surface area contributed by atoms with E-state index < -0.39 is 40.6 Å². The van der Waals surface area contributed by atoms with Crippen molar-refractivity contribution in [3.05, 3.63) is 143 Å². The molecule has 15 nitrogen and oxygen atoms in total. The molecule has 5 unspecified atom stereocenters. The number of aliphatic hydroxyl groups is 2. The van der Waals surface area contributed by atoms with E-state index in [1.54, 1.807) is 119 Å². The van der Waals surface area contributed by atoms with Crippen molar-refractivity contribution in [1.29, 1.82) is 0 Å². The van der Waals surface area contributed by atoms with Gasteiger partial charge in [-0.3, -0.25) is 14.4 Å². The summed E-state index contributed by atoms with van der Waals surface area (Å²) in [5.41, 5.74) is 2.98. The summed E-state index contributed by atoms with van der Waals surface area (Å²) < 4.78 is 38.7. The highest BCUT2D eigenvalue weighted by Crippen LogP contribution is 2.61. The molecule has 2 N–H and O–H groups in total. The highest BCUT2D eigenvalue weighted by molar-refractivity contribution is 5.91. The second kappa shape index (κ2) is 55.1. The first-order chi connectivity index (χ1) is 49.9. The van der Waals surface area contributed by atoms with Crippen molar-refractivity contribution in [3.63, 3.8) is 0 Å². The molecule has 4 aromatic carbocycles. The lowest BCUT2D eigenvalue weighted by Gasteiger charge is -2.48. The Hall–Kier alpha value is -6.42. The van der Waals surface area contributed by atoms with E-state index in [0.717, 1.165) is 122 Å². The molecule has 6 rings (SSSR count). The van der Waals surface area contributed by atoms with E-state index in [0.29, 0.717) is 55.5 Å². The molecule has 0 aromatic heterocycles. The van der Waals surface area contributed by atoms with Crippen molar-refractivity contribution in [3.8, 4) is 0 Å². The summed E-state index contributed by atoms with van der Waals surface area (Å²) >= 11 is 0. The van der Waals surface area contributed by atoms with Crippen LogP contribution in [0.3, 0.4) is 0 Å². The summed E-state index contributed by atoms with van der Waals surface area (Å²) in [6.45, 7) is 28.4. The Bertz CT molecular complexity index is 2770. The zero-order chi connectivity index (χ0) is 76.9. The Balaban J connectivity index is 0.000000483. The van der Waals surface area contributed by atoms with Crippen LogP contribution in [-0.4, -0.2) is 104 Å². The standard InChI is InChI=1S/C26H24O6.C26H52O4.C24H42O4.C9H12.C4H10O/c1-26(17-30-23(27)20-11-5-2-6-12-20,18-31-24(28)21-13-7-3-8-14-21)19-32-25(29)22-15-9-4-10-16-22;1-3-5-7-9-15-19-23-29-25(27)21-17-13-11-12-14-18-22-26(28)30-24-20-16-10-8-6-4-2;1-5-9-13-19(7-3)17-27-21(25)20-14-11-12-16-24(20)22(26)28-18-23(24,8-4)15-10-6-2;1-7-4-5-8(2)9(3)6-7;1-4(2,3)5/h2-16H,17-19H2,1H3;25,27H,3-24H2,1-2H3;19-20H,5-18H2,1-4H3;4-6H,1-3H3;5H,1-3H3. The maximum Gasteiger partial charge on any atom is 0.338 e. The van der Waals surface area contributed by atoms with Gasteiger partial charge in [0.05, 0.1) is 58.9 Å². The van der Waals surface area contributed by atoms with Crippen molar-refractivity contribution in [2.45, 2.75) is 307 Å². The summed E-state index contributed by atoms with van der Waals surface area (Å²) in [7, 11) is 0. The number of unbranched alkanes of at least 4 members (excludes halogenated alkanes) is 17. The fraction of sp³-hybridized carbons (Fsp3) is 0.663. The van der Waals surface area contributed by atoms with Crippen LogP contribution in [0.1, 0.15) is 322 Å². The summed E-state index contributed by atoms with van der Waals surface area (Å²) in [4.78, 5) is 75.2. The van der Waals surface area contributed by atoms with Crippen LogP contribution in [0.15, 0.2) is 109 Å². The second-order valence-corrected chi connectivity index (χ2v) is 30.3. The number of benzene rings is 4. The van der Waals surface area contributed by atoms with Crippen LogP contribution in [0.25, 0.3) is 0 Å². The first kappa shape index (κ1) is 93.7. The van der Waals surface area contributed by atoms with Gasteiger partial charge in [0.25, 0.3) is 0 Å². The molecule has 1 saturated carbocycles. The van der Waals surface area contributed by atoms with Crippen LogP contribution in [0.2, 0.25) is 0 Å². The van der Waals surface area contributed by atoms with E-state index in [9.17, 15) is 33.9 Å². The van der Waals surface area contributed by atoms with Gasteiger partial charge in [0, 0.05) is 18.4 Å². The molecule has 586 valence electrons. The molecule has 1 aliphatic carbocycles. The van der Waals surface area contributed by atoms with Crippen LogP contribution in [0.5, 0.6) is 0 Å². The Morgan fingerprint density at radius 3 is 1.45 bits per heavy atom. The SMILES string of the molecule is CC(C)(C)O.CC(COC(=O)c1ccccc1)(COC(=O)c1ccccc1)COC(=O)c1ccccc1.CCCCC(CC)COC(=O)C1CCCCC12C(=O)OCC2(CC)CCCC.CCCCCCCCOC(=O)CCCCCCCCC(O)OCCCCCCCC.Cc1ccc(C)c(C)c1. The average molecular weight is 1450 g/mol. The van der Waals surface area contributed by atoms with Gasteiger partial charge in [0.2, 0.25) is 0 Å². The summed E-state index contributed by atoms with van der Waals surface area (Å²) in [6, 6.07) is 32.2. The van der Waals surface area contributed by atoms with Crippen LogP contribution in [-0.2, 0) is 47.5 Å². The largest absolute Gasteiger partial charge is 0.466 e. The van der Waals surface area contributed by atoms with Crippen molar-refractivity contribution in [2.75, 3.05) is 46.2 Å². The topological polar surface area (TPSA) is 207 Å². The van der Waals surface area contributed by atoms with Gasteiger partial charge in [-0.2, -0.15) is 0 Å². The Morgan fingerprint density at radius 2 is 0.990 bits per heavy atom. The van der Waals surface area contributed by atoms with Crippen LogP contribution in [0, 0.1) is 48.9 Å². The monoisotopic (exact) mass is 1450 g/mol. The second-order valence-electron chi connectivity index (χ2n) is 30.3. The van der Waals surface area contributed by atoms with E-state index in [1.807, 2.05) is 0 Å². The number of cyclic esters (lactones) is 1. The van der Waals surface area contributed by atoms with Gasteiger partial charge in [0.1, 0.15) is 19.8 Å². The minimum absolute atomic E-state index is 0.0332. The third-order valence-corrected chi connectivity index (χ3v) is 19.7. The predicted octanol–water partition coefficient (Wildman–Crippen LogP) is 21.7. The first-order valence-electron chi connectivity index (χ1n) is 40.1. The number of hydrogen-bond acceptors (Lipinski definition) is 15. The third kappa shape index (κ3) is 39.3. The number of esters is 6. The van der Waals surface area contributed by atoms with Gasteiger partial charge in [0.15, 0.2) is 6.29 Å². The molecule has 1 aliphatic heterocycles. The highest BCUT2D eigenvalue weighted by atomic mass is 16.6. The smallest absolute Gasteiger partial charge is 0.338 e. The number of aliphatic hydroxyl groups excluding tert-OH is 1. The zero-order valence-corrected chi connectivity index (χ0v) is 66.9. The average Bonchev–Trinajstić information content (AvgIpc) is 1.53. The Labute approximate surface area is 629 Å². The molecule has 0 amide bonds. The van der Waals surface area contributed by atoms with E-state index in [4.69, 9.17) is 38.3 Å². The van der Waals surface area contributed by atoms with Crippen molar-refractivity contribution in [1.82, 2.24) is 0 Å². The van der Waals surface area contributed by atoms with Crippen molar-refractivity contribution < 1.29 is 72.1 Å². The molecule has 0 bridgehead atoms. The molecular weight excluding hydrogens is 1310 g/mol. The molecular formula is C89H140O15. The fourth-order valence-corrected chi connectivity index (χ4v) is 13.0. The number of hydrogen-bond donors (Lipinski definition) is 2. The lowest BCUT2D eigenvalue weighted by Crippen LogP contribution is -2.53. The van der Waals surface area contributed by atoms with Gasteiger partial charge in [-0.25, -0.2) is 14.4 Å². The minimum Gasteiger partial charge on any atom is -0.466 e. The Kier molecular flexibility index (Phi) is 49.6. The maximum atomic E-state index is 13.2. The molecule has 104 heavy (non-hydrogen) atoms. The molecule has 1 heterocycles. The maximum absolute atomic E-state index is 13.2. The quantitative estimate of drug-likeness (QED) is 0.0183. The van der Waals surface area contributed by atoms with Gasteiger partial charge in [-0.15, -0.1) is 0 Å². The predicted molar refractivity (Wildman–Crippen MR) is 419 cm³/mol. The molecule has 15 heteroatoms. The molecule has 0 radical (unpaired) electrons. The number of carbonyl (C=O) groups is 6. The van der Waals surface area contributed by atoms with Crippen LogP contribution in [0.4, 0.5) is 0 Å². The first-order valence-corrected chi connectivity index (χ1v) is 40.1. The van der Waals surface area contributed by atoms with Crippen LogP contribution >= 0.6 is 0 Å². The van der Waals surface area contributed by atoms with E-state index >= 15 is 0 Å². The summed E-state index contributed by atoms with van der Waals surface area (Å²) in [6.07, 6.45) is 34.0. The summed E-state index contributed by atoms with van der Waals surface area (Å²) in [5.74, 6) is -1.77. The van der Waals surface area contributed by atoms with E-state index in [1.165, 1.54) is 93.7 Å².